The van der Waals surface area contributed by atoms with E-state index in [1.165, 1.54) is 21.6 Å². The second-order valence-electron chi connectivity index (χ2n) is 8.75. The first-order valence-electron chi connectivity index (χ1n) is 10.7. The molecule has 0 saturated heterocycles. The maximum Gasteiger partial charge on any atom is 0.243 e. The number of hydrogen-bond acceptors (Lipinski definition) is 3. The second kappa shape index (κ2) is 8.31. The number of thiophene rings is 1. The van der Waals surface area contributed by atoms with Gasteiger partial charge in [0.1, 0.15) is 6.54 Å². The Bertz CT molecular complexity index is 900. The van der Waals surface area contributed by atoms with Crippen LogP contribution >= 0.6 is 11.3 Å². The molecule has 2 heterocycles. The van der Waals surface area contributed by atoms with Crippen LogP contribution in [0.15, 0.2) is 35.7 Å². The molecule has 5 heteroatoms. The minimum Gasteiger partial charge on any atom is -0.330 e. The lowest BCUT2D eigenvalue weighted by atomic mass is 9.90. The second-order valence-corrected chi connectivity index (χ2v) is 9.75. The Hall–Kier alpha value is -2.14. The van der Waals surface area contributed by atoms with Crippen molar-refractivity contribution >= 4 is 23.2 Å². The van der Waals surface area contributed by atoms with Gasteiger partial charge in [-0.2, -0.15) is 0 Å². The number of carbonyl (C=O) groups excluding carboxylic acids is 2. The van der Waals surface area contributed by atoms with E-state index in [1.54, 1.807) is 11.3 Å². The fraction of sp³-hybridized carbons (Fsp3) is 0.500. The molecule has 29 heavy (non-hydrogen) atoms. The molecule has 0 spiro atoms. The van der Waals surface area contributed by atoms with Crippen molar-refractivity contribution in [2.75, 3.05) is 13.1 Å². The average molecular weight is 411 g/mol. The topological polar surface area (TPSA) is 40.6 Å². The summed E-state index contributed by atoms with van der Waals surface area (Å²) >= 11 is 1.78. The van der Waals surface area contributed by atoms with E-state index in [1.807, 2.05) is 21.9 Å². The molecule has 1 aromatic carbocycles. The van der Waals surface area contributed by atoms with E-state index in [-0.39, 0.29) is 30.4 Å². The Kier molecular flexibility index (Phi) is 5.77. The zero-order chi connectivity index (χ0) is 20.5. The molecular formula is C24H30N2O2S. The highest BCUT2D eigenvalue weighted by molar-refractivity contribution is 7.10. The summed E-state index contributed by atoms with van der Waals surface area (Å²) in [5.41, 5.74) is 3.63. The van der Waals surface area contributed by atoms with Gasteiger partial charge in [0.25, 0.3) is 0 Å². The molecule has 1 atom stereocenters. The van der Waals surface area contributed by atoms with Crippen molar-refractivity contribution in [1.29, 1.82) is 0 Å². The highest BCUT2D eigenvalue weighted by Crippen LogP contribution is 2.39. The molecule has 0 N–H and O–H groups in total. The molecule has 2 aromatic rings. The fourth-order valence-electron chi connectivity index (χ4n) is 4.32. The third kappa shape index (κ3) is 4.25. The third-order valence-electron chi connectivity index (χ3n) is 5.97. The predicted octanol–water partition coefficient (Wildman–Crippen LogP) is 4.57. The van der Waals surface area contributed by atoms with E-state index < -0.39 is 0 Å². The maximum atomic E-state index is 13.5. The Morgan fingerprint density at radius 1 is 1.17 bits per heavy atom. The van der Waals surface area contributed by atoms with Gasteiger partial charge in [0.15, 0.2) is 0 Å². The quantitative estimate of drug-likeness (QED) is 0.700. The molecule has 0 unspecified atom stereocenters. The molecule has 2 aliphatic rings. The molecule has 4 nitrogen and oxygen atoms in total. The van der Waals surface area contributed by atoms with Crippen LogP contribution in [0.5, 0.6) is 0 Å². The van der Waals surface area contributed by atoms with Gasteiger partial charge >= 0.3 is 0 Å². The lowest BCUT2D eigenvalue weighted by Crippen LogP contribution is -2.47. The van der Waals surface area contributed by atoms with Gasteiger partial charge < -0.3 is 9.80 Å². The van der Waals surface area contributed by atoms with E-state index in [4.69, 9.17) is 0 Å². The molecule has 2 amide bonds. The molecule has 1 saturated carbocycles. The minimum absolute atomic E-state index is 0.0556. The smallest absolute Gasteiger partial charge is 0.243 e. The van der Waals surface area contributed by atoms with Crippen molar-refractivity contribution in [3.8, 4) is 0 Å². The van der Waals surface area contributed by atoms with Gasteiger partial charge in [-0.1, -0.05) is 38.1 Å². The predicted molar refractivity (Wildman–Crippen MR) is 117 cm³/mol. The van der Waals surface area contributed by atoms with Gasteiger partial charge in [0.2, 0.25) is 11.8 Å². The van der Waals surface area contributed by atoms with Crippen LogP contribution in [-0.2, 0) is 16.0 Å². The monoisotopic (exact) mass is 410 g/mol. The van der Waals surface area contributed by atoms with Crippen molar-refractivity contribution in [2.24, 2.45) is 5.92 Å². The molecule has 1 aliphatic heterocycles. The van der Waals surface area contributed by atoms with Crippen LogP contribution in [0.4, 0.5) is 0 Å². The first-order valence-corrected chi connectivity index (χ1v) is 11.5. The Morgan fingerprint density at radius 2 is 1.93 bits per heavy atom. The molecule has 1 fully saturated rings. The summed E-state index contributed by atoms with van der Waals surface area (Å²) in [5.74, 6) is 0.498. The zero-order valence-electron chi connectivity index (χ0n) is 17.6. The first-order chi connectivity index (χ1) is 14.0. The Labute approximate surface area is 177 Å². The summed E-state index contributed by atoms with van der Waals surface area (Å²) in [6.07, 6.45) is 3.45. The average Bonchev–Trinajstić information content (AvgIpc) is 3.41. The molecule has 1 aliphatic carbocycles. The highest BCUT2D eigenvalue weighted by Gasteiger charge is 2.38. The Balaban J connectivity index is 1.61. The summed E-state index contributed by atoms with van der Waals surface area (Å²) in [5, 5.41) is 2.13. The van der Waals surface area contributed by atoms with Crippen molar-refractivity contribution in [3.05, 3.63) is 57.3 Å². The summed E-state index contributed by atoms with van der Waals surface area (Å²) in [6, 6.07) is 10.7. The standard InChI is InChI=1S/C24H30N2O2S/c1-16(2)14-22(27)26(18-8-9-18)15-23(28)25-12-10-21-20(11-13-29-21)24(25)19-7-5-4-6-17(19)3/h4-7,11,13,16,18,24H,8-10,12,14-15H2,1-3H3/t24-/m1/s1. The van der Waals surface area contributed by atoms with E-state index in [2.05, 4.69) is 44.4 Å². The van der Waals surface area contributed by atoms with E-state index >= 15 is 0 Å². The van der Waals surface area contributed by atoms with Crippen LogP contribution < -0.4 is 0 Å². The molecule has 4 rings (SSSR count). The number of amides is 2. The molecule has 0 bridgehead atoms. The normalized spacial score (nSPS) is 18.6. The number of aryl methyl sites for hydroxylation is 1. The number of benzene rings is 1. The summed E-state index contributed by atoms with van der Waals surface area (Å²) in [7, 11) is 0. The number of hydrogen-bond donors (Lipinski definition) is 0. The summed E-state index contributed by atoms with van der Waals surface area (Å²) in [4.78, 5) is 31.5. The number of fused-ring (bicyclic) bond motifs is 1. The molecule has 154 valence electrons. The lowest BCUT2D eigenvalue weighted by molar-refractivity contribution is -0.142. The summed E-state index contributed by atoms with van der Waals surface area (Å²) < 4.78 is 0. The van der Waals surface area contributed by atoms with Crippen LogP contribution in [0, 0.1) is 12.8 Å². The molecule has 1 aromatic heterocycles. The first kappa shape index (κ1) is 20.1. The van der Waals surface area contributed by atoms with Gasteiger partial charge in [-0.3, -0.25) is 9.59 Å². The number of carbonyl (C=O) groups is 2. The van der Waals surface area contributed by atoms with E-state index in [9.17, 15) is 9.59 Å². The van der Waals surface area contributed by atoms with Crippen molar-refractivity contribution in [2.45, 2.75) is 58.5 Å². The molecular weight excluding hydrogens is 380 g/mol. The fourth-order valence-corrected chi connectivity index (χ4v) is 5.23. The van der Waals surface area contributed by atoms with Gasteiger partial charge in [-0.25, -0.2) is 0 Å². The van der Waals surface area contributed by atoms with Crippen molar-refractivity contribution in [1.82, 2.24) is 9.80 Å². The maximum absolute atomic E-state index is 13.5. The van der Waals surface area contributed by atoms with E-state index in [0.29, 0.717) is 18.9 Å². The van der Waals surface area contributed by atoms with Gasteiger partial charge in [0, 0.05) is 23.9 Å². The highest BCUT2D eigenvalue weighted by atomic mass is 32.1. The van der Waals surface area contributed by atoms with Crippen molar-refractivity contribution < 1.29 is 9.59 Å². The SMILES string of the molecule is Cc1ccccc1[C@@H]1c2ccsc2CCN1C(=O)CN(C(=O)CC(C)C)C1CC1. The Morgan fingerprint density at radius 3 is 2.62 bits per heavy atom. The largest absolute Gasteiger partial charge is 0.330 e. The van der Waals surface area contributed by atoms with Gasteiger partial charge in [-0.05, 0) is 60.2 Å². The van der Waals surface area contributed by atoms with Crippen LogP contribution in [0.3, 0.4) is 0 Å². The van der Waals surface area contributed by atoms with Gasteiger partial charge in [0.05, 0.1) is 6.04 Å². The number of rotatable bonds is 6. The summed E-state index contributed by atoms with van der Waals surface area (Å²) in [6.45, 7) is 7.14. The number of nitrogens with zero attached hydrogens (tertiary/aromatic N) is 2. The van der Waals surface area contributed by atoms with Crippen LogP contribution in [0.1, 0.15) is 60.7 Å². The molecule has 0 radical (unpaired) electrons. The zero-order valence-corrected chi connectivity index (χ0v) is 18.4. The van der Waals surface area contributed by atoms with Crippen LogP contribution in [0.25, 0.3) is 0 Å². The van der Waals surface area contributed by atoms with Gasteiger partial charge in [-0.15, -0.1) is 11.3 Å². The van der Waals surface area contributed by atoms with Crippen LogP contribution in [-0.4, -0.2) is 40.7 Å². The van der Waals surface area contributed by atoms with Crippen LogP contribution in [0.2, 0.25) is 0 Å². The van der Waals surface area contributed by atoms with E-state index in [0.717, 1.165) is 19.3 Å². The minimum atomic E-state index is -0.0556. The van der Waals surface area contributed by atoms with Crippen molar-refractivity contribution in [3.63, 3.8) is 0 Å². The lowest BCUT2D eigenvalue weighted by Gasteiger charge is -2.38. The third-order valence-corrected chi connectivity index (χ3v) is 6.96.